The topological polar surface area (TPSA) is 80.3 Å². The molecule has 1 aliphatic rings. The highest BCUT2D eigenvalue weighted by atomic mass is 35.7. The molecule has 21 heavy (non-hydrogen) atoms. The Balaban J connectivity index is 2.37. The molecule has 1 fully saturated rings. The molecule has 1 saturated carbocycles. The van der Waals surface area contributed by atoms with Gasteiger partial charge in [-0.05, 0) is 43.9 Å². The SMILES string of the molecule is CCC1(NS(=O)(=O)c2ccc(S(=O)(=O)Cl)cc2F)CCC1. The van der Waals surface area contributed by atoms with Crippen LogP contribution in [0.25, 0.3) is 0 Å². The highest BCUT2D eigenvalue weighted by molar-refractivity contribution is 8.13. The number of nitrogens with one attached hydrogen (secondary N) is 1. The summed E-state index contributed by atoms with van der Waals surface area (Å²) in [5, 5.41) is 0. The van der Waals surface area contributed by atoms with Gasteiger partial charge in [0.1, 0.15) is 10.7 Å². The van der Waals surface area contributed by atoms with Crippen molar-refractivity contribution >= 4 is 29.8 Å². The van der Waals surface area contributed by atoms with Crippen LogP contribution >= 0.6 is 10.7 Å². The molecule has 1 aromatic carbocycles. The Hall–Kier alpha value is -0.700. The molecule has 1 aliphatic carbocycles. The van der Waals surface area contributed by atoms with Gasteiger partial charge in [0, 0.05) is 16.2 Å². The van der Waals surface area contributed by atoms with Crippen molar-refractivity contribution in [1.82, 2.24) is 4.72 Å². The lowest BCUT2D eigenvalue weighted by molar-refractivity contribution is 0.213. The molecule has 2 rings (SSSR count). The number of benzene rings is 1. The average molecular weight is 356 g/mol. The first-order valence-corrected chi connectivity index (χ1v) is 10.2. The second-order valence-corrected chi connectivity index (χ2v) is 9.34. The van der Waals surface area contributed by atoms with Crippen molar-refractivity contribution in [1.29, 1.82) is 0 Å². The van der Waals surface area contributed by atoms with Gasteiger partial charge >= 0.3 is 0 Å². The van der Waals surface area contributed by atoms with Crippen molar-refractivity contribution in [3.8, 4) is 0 Å². The van der Waals surface area contributed by atoms with Crippen molar-refractivity contribution in [3.63, 3.8) is 0 Å². The van der Waals surface area contributed by atoms with E-state index in [2.05, 4.69) is 4.72 Å². The first-order valence-electron chi connectivity index (χ1n) is 6.38. The zero-order valence-electron chi connectivity index (χ0n) is 11.3. The Morgan fingerprint density at radius 3 is 2.29 bits per heavy atom. The fourth-order valence-corrected chi connectivity index (χ4v) is 4.68. The van der Waals surface area contributed by atoms with E-state index in [4.69, 9.17) is 10.7 Å². The molecule has 0 heterocycles. The third kappa shape index (κ3) is 3.39. The molecule has 0 atom stereocenters. The summed E-state index contributed by atoms with van der Waals surface area (Å²) in [6, 6.07) is 2.49. The first-order chi connectivity index (χ1) is 9.60. The van der Waals surface area contributed by atoms with Gasteiger partial charge in [-0.3, -0.25) is 0 Å². The normalized spacial score (nSPS) is 18.2. The van der Waals surface area contributed by atoms with Gasteiger partial charge < -0.3 is 0 Å². The molecule has 9 heteroatoms. The van der Waals surface area contributed by atoms with Crippen LogP contribution in [0.15, 0.2) is 28.0 Å². The third-order valence-electron chi connectivity index (χ3n) is 3.81. The molecule has 5 nitrogen and oxygen atoms in total. The maximum Gasteiger partial charge on any atom is 0.261 e. The van der Waals surface area contributed by atoms with Crippen LogP contribution in [0.3, 0.4) is 0 Å². The summed E-state index contributed by atoms with van der Waals surface area (Å²) in [7, 11) is -3.05. The minimum Gasteiger partial charge on any atom is -0.207 e. The van der Waals surface area contributed by atoms with Crippen molar-refractivity contribution in [3.05, 3.63) is 24.0 Å². The van der Waals surface area contributed by atoms with Crippen LogP contribution < -0.4 is 4.72 Å². The van der Waals surface area contributed by atoms with Gasteiger partial charge in [0.25, 0.3) is 9.05 Å². The van der Waals surface area contributed by atoms with Crippen LogP contribution in [-0.2, 0) is 19.1 Å². The van der Waals surface area contributed by atoms with Gasteiger partial charge in [-0.1, -0.05) is 6.92 Å². The van der Waals surface area contributed by atoms with Gasteiger partial charge in [-0.25, -0.2) is 25.9 Å². The maximum absolute atomic E-state index is 13.9. The predicted molar refractivity (Wildman–Crippen MR) is 76.6 cm³/mol. The largest absolute Gasteiger partial charge is 0.261 e. The summed E-state index contributed by atoms with van der Waals surface area (Å²) in [5.41, 5.74) is -0.525. The van der Waals surface area contributed by atoms with Gasteiger partial charge in [0.2, 0.25) is 10.0 Å². The van der Waals surface area contributed by atoms with Crippen LogP contribution in [0.1, 0.15) is 32.6 Å². The van der Waals surface area contributed by atoms with E-state index in [9.17, 15) is 21.2 Å². The van der Waals surface area contributed by atoms with E-state index in [1.54, 1.807) is 0 Å². The van der Waals surface area contributed by atoms with Gasteiger partial charge in [0.05, 0.1) is 4.90 Å². The molecule has 0 bridgehead atoms. The lowest BCUT2D eigenvalue weighted by Crippen LogP contribution is -2.52. The zero-order valence-corrected chi connectivity index (χ0v) is 13.7. The van der Waals surface area contributed by atoms with E-state index in [-0.39, 0.29) is 0 Å². The molecule has 0 saturated heterocycles. The van der Waals surface area contributed by atoms with E-state index in [0.717, 1.165) is 18.6 Å². The Labute approximate surface area is 128 Å². The lowest BCUT2D eigenvalue weighted by Gasteiger charge is -2.41. The minimum atomic E-state index is -4.10. The maximum atomic E-state index is 13.9. The summed E-state index contributed by atoms with van der Waals surface area (Å²) in [6.45, 7) is 1.86. The Morgan fingerprint density at radius 2 is 1.90 bits per heavy atom. The number of rotatable bonds is 5. The standard InChI is InChI=1S/C12H15ClFNO4S2/c1-2-12(6-3-7-12)15-21(18,19)11-5-4-9(8-10(11)14)20(13,16)17/h4-5,8,15H,2-3,6-7H2,1H3. The van der Waals surface area contributed by atoms with Crippen molar-refractivity contribution in [2.24, 2.45) is 0 Å². The molecule has 0 amide bonds. The van der Waals surface area contributed by atoms with Crippen molar-refractivity contribution < 1.29 is 21.2 Å². The molecule has 1 aromatic rings. The summed E-state index contributed by atoms with van der Waals surface area (Å²) in [6.07, 6.45) is 2.95. The average Bonchev–Trinajstić information content (AvgIpc) is 2.32. The predicted octanol–water partition coefficient (Wildman–Crippen LogP) is 2.36. The highest BCUT2D eigenvalue weighted by Crippen LogP contribution is 2.36. The molecule has 0 aliphatic heterocycles. The second kappa shape index (κ2) is 5.49. The van der Waals surface area contributed by atoms with E-state index >= 15 is 0 Å². The molecule has 0 aromatic heterocycles. The van der Waals surface area contributed by atoms with E-state index < -0.39 is 40.2 Å². The molecule has 118 valence electrons. The molecule has 0 spiro atoms. The summed E-state index contributed by atoms with van der Waals surface area (Å²) in [5.74, 6) is -1.14. The summed E-state index contributed by atoms with van der Waals surface area (Å²) >= 11 is 0. The van der Waals surface area contributed by atoms with Crippen LogP contribution in [0.4, 0.5) is 4.39 Å². The van der Waals surface area contributed by atoms with E-state index in [1.165, 1.54) is 0 Å². The van der Waals surface area contributed by atoms with Gasteiger partial charge in [-0.15, -0.1) is 0 Å². The zero-order chi connectivity index (χ0) is 15.9. The Kier molecular flexibility index (Phi) is 4.36. The number of hydrogen-bond acceptors (Lipinski definition) is 4. The number of halogens is 2. The number of sulfonamides is 1. The Morgan fingerprint density at radius 1 is 1.29 bits per heavy atom. The fourth-order valence-electron chi connectivity index (χ4n) is 2.32. The van der Waals surface area contributed by atoms with Crippen molar-refractivity contribution in [2.45, 2.75) is 47.9 Å². The van der Waals surface area contributed by atoms with Crippen LogP contribution in [0.5, 0.6) is 0 Å². The van der Waals surface area contributed by atoms with Gasteiger partial charge in [-0.2, -0.15) is 0 Å². The Bertz CT molecular complexity index is 752. The van der Waals surface area contributed by atoms with Crippen molar-refractivity contribution in [2.75, 3.05) is 0 Å². The van der Waals surface area contributed by atoms with E-state index in [0.29, 0.717) is 25.3 Å². The third-order valence-corrected chi connectivity index (χ3v) is 6.78. The molecule has 0 unspecified atom stereocenters. The summed E-state index contributed by atoms with van der Waals surface area (Å²) < 4.78 is 63.2. The van der Waals surface area contributed by atoms with Crippen LogP contribution in [-0.4, -0.2) is 22.4 Å². The molecular weight excluding hydrogens is 341 g/mol. The van der Waals surface area contributed by atoms with Crippen LogP contribution in [0, 0.1) is 5.82 Å². The fraction of sp³-hybridized carbons (Fsp3) is 0.500. The lowest BCUT2D eigenvalue weighted by atomic mass is 9.76. The highest BCUT2D eigenvalue weighted by Gasteiger charge is 2.39. The smallest absolute Gasteiger partial charge is 0.207 e. The van der Waals surface area contributed by atoms with Gasteiger partial charge in [0.15, 0.2) is 0 Å². The number of hydrogen-bond donors (Lipinski definition) is 1. The summed E-state index contributed by atoms with van der Waals surface area (Å²) in [4.78, 5) is -1.05. The molecule has 1 N–H and O–H groups in total. The second-order valence-electron chi connectivity index (χ2n) is 5.12. The minimum absolute atomic E-state index is 0.477. The van der Waals surface area contributed by atoms with E-state index in [1.807, 2.05) is 6.92 Å². The monoisotopic (exact) mass is 355 g/mol. The first kappa shape index (κ1) is 16.7. The quantitative estimate of drug-likeness (QED) is 0.822. The van der Waals surface area contributed by atoms with Crippen LogP contribution in [0.2, 0.25) is 0 Å². The molecular formula is C12H15ClFNO4S2. The molecule has 0 radical (unpaired) electrons.